The van der Waals surface area contributed by atoms with Gasteiger partial charge in [0.2, 0.25) is 0 Å². The summed E-state index contributed by atoms with van der Waals surface area (Å²) in [6.07, 6.45) is 0. The number of hydrogen-bond donors (Lipinski definition) is 1. The molecule has 1 heterocycles. The van der Waals surface area contributed by atoms with Crippen molar-refractivity contribution in [1.29, 1.82) is 0 Å². The Morgan fingerprint density at radius 1 is 0.286 bits per heavy atom. The zero-order valence-corrected chi connectivity index (χ0v) is 30.8. The zero-order valence-electron chi connectivity index (χ0n) is 30.8. The third-order valence-corrected chi connectivity index (χ3v) is 10.8. The minimum atomic E-state index is 1.04. The molecule has 0 radical (unpaired) electrons. The zero-order chi connectivity index (χ0) is 37.3. The number of fused-ring (bicyclic) bond motifs is 3. The third kappa shape index (κ3) is 6.34. The number of benzene rings is 9. The first-order valence-electron chi connectivity index (χ1n) is 19.2. The lowest BCUT2D eigenvalue weighted by Crippen LogP contribution is -1.96. The van der Waals surface area contributed by atoms with Gasteiger partial charge in [-0.15, -0.1) is 0 Å². The molecule has 9 aromatic carbocycles. The lowest BCUT2D eigenvalue weighted by molar-refractivity contribution is 1.18. The van der Waals surface area contributed by atoms with Crippen molar-refractivity contribution in [2.75, 3.05) is 5.32 Å². The lowest BCUT2D eigenvalue weighted by Gasteiger charge is -2.17. The highest BCUT2D eigenvalue weighted by molar-refractivity contribution is 6.10. The molecule has 0 aliphatic carbocycles. The van der Waals surface area contributed by atoms with E-state index in [1.54, 1.807) is 0 Å². The molecule has 2 nitrogen and oxygen atoms in total. The smallest absolute Gasteiger partial charge is 0.0541 e. The first-order valence-corrected chi connectivity index (χ1v) is 19.2. The number of rotatable bonds is 8. The maximum Gasteiger partial charge on any atom is 0.0541 e. The van der Waals surface area contributed by atoms with Crippen LogP contribution in [0.1, 0.15) is 0 Å². The Morgan fingerprint density at radius 3 is 1.38 bits per heavy atom. The number of para-hydroxylation sites is 1. The monoisotopic (exact) mass is 714 g/mol. The van der Waals surface area contributed by atoms with Crippen LogP contribution >= 0.6 is 0 Å². The van der Waals surface area contributed by atoms with Crippen molar-refractivity contribution in [2.45, 2.75) is 0 Å². The normalized spacial score (nSPS) is 11.2. The van der Waals surface area contributed by atoms with E-state index in [2.05, 4.69) is 234 Å². The van der Waals surface area contributed by atoms with Crippen LogP contribution in [0.2, 0.25) is 0 Å². The molecule has 0 aliphatic heterocycles. The number of nitrogens with one attached hydrogen (secondary N) is 1. The maximum absolute atomic E-state index is 3.86. The SMILES string of the molecule is c1ccc(-c2ccc(-n3c4ccccc4c4cc(-c5ccc(Nc6cc(-c7ccccc7)cc(-c7ccccc7)c6)c(-c6ccccc6)c5)ccc43)cc2)cc1. The van der Waals surface area contributed by atoms with E-state index in [9.17, 15) is 0 Å². The Kier molecular flexibility index (Phi) is 8.55. The standard InChI is InChI=1S/C54H38N2/c1-5-15-38(16-6-1)41-25-29-48(30-26-41)56-53-24-14-13-23-49(53)51-37-44(28-32-54(51)56)43-27-31-52(50(36-43)42-21-11-4-12-22-42)55-47-34-45(39-17-7-2-8-18-39)33-46(35-47)40-19-9-3-10-20-40/h1-37,55H. The predicted molar refractivity (Wildman–Crippen MR) is 238 cm³/mol. The molecule has 10 rings (SSSR count). The fourth-order valence-electron chi connectivity index (χ4n) is 8.00. The molecule has 0 spiro atoms. The molecular weight excluding hydrogens is 677 g/mol. The van der Waals surface area contributed by atoms with Crippen molar-refractivity contribution in [3.63, 3.8) is 0 Å². The highest BCUT2D eigenvalue weighted by Crippen LogP contribution is 2.40. The van der Waals surface area contributed by atoms with E-state index in [0.717, 1.165) is 28.2 Å². The quantitative estimate of drug-likeness (QED) is 0.166. The van der Waals surface area contributed by atoms with Gasteiger partial charge >= 0.3 is 0 Å². The Hall–Kier alpha value is -7.42. The molecule has 264 valence electrons. The van der Waals surface area contributed by atoms with Crippen LogP contribution in [-0.4, -0.2) is 4.57 Å². The van der Waals surface area contributed by atoms with E-state index in [-0.39, 0.29) is 0 Å². The van der Waals surface area contributed by atoms with E-state index in [1.807, 2.05) is 0 Å². The molecule has 0 fully saturated rings. The molecule has 0 atom stereocenters. The molecular formula is C54H38N2. The summed E-state index contributed by atoms with van der Waals surface area (Å²) in [6, 6.07) is 80.7. The van der Waals surface area contributed by atoms with Gasteiger partial charge in [-0.3, -0.25) is 0 Å². The number of anilines is 2. The fraction of sp³-hybridized carbons (Fsp3) is 0. The van der Waals surface area contributed by atoms with Gasteiger partial charge in [0.25, 0.3) is 0 Å². The van der Waals surface area contributed by atoms with Gasteiger partial charge < -0.3 is 9.88 Å². The molecule has 1 aromatic heterocycles. The summed E-state index contributed by atoms with van der Waals surface area (Å²) in [5.41, 5.74) is 17.5. The van der Waals surface area contributed by atoms with Crippen molar-refractivity contribution in [3.8, 4) is 61.3 Å². The van der Waals surface area contributed by atoms with Gasteiger partial charge in [-0.05, 0) is 111 Å². The second-order valence-corrected chi connectivity index (χ2v) is 14.3. The Bertz CT molecular complexity index is 2890. The van der Waals surface area contributed by atoms with E-state index in [1.165, 1.54) is 66.3 Å². The van der Waals surface area contributed by atoms with Crippen molar-refractivity contribution in [1.82, 2.24) is 4.57 Å². The van der Waals surface area contributed by atoms with Crippen LogP contribution < -0.4 is 5.32 Å². The van der Waals surface area contributed by atoms with E-state index in [0.29, 0.717) is 0 Å². The molecule has 0 bridgehead atoms. The minimum Gasteiger partial charge on any atom is -0.355 e. The van der Waals surface area contributed by atoms with Gasteiger partial charge in [0.1, 0.15) is 0 Å². The van der Waals surface area contributed by atoms with E-state index in [4.69, 9.17) is 0 Å². The third-order valence-electron chi connectivity index (χ3n) is 10.8. The van der Waals surface area contributed by atoms with E-state index >= 15 is 0 Å². The van der Waals surface area contributed by atoms with Crippen LogP contribution in [0.25, 0.3) is 83.1 Å². The topological polar surface area (TPSA) is 17.0 Å². The second kappa shape index (κ2) is 14.4. The largest absolute Gasteiger partial charge is 0.355 e. The van der Waals surface area contributed by atoms with Crippen LogP contribution in [0, 0.1) is 0 Å². The first kappa shape index (κ1) is 33.2. The van der Waals surface area contributed by atoms with Crippen molar-refractivity contribution in [3.05, 3.63) is 224 Å². The average Bonchev–Trinajstić information content (AvgIpc) is 3.61. The van der Waals surface area contributed by atoms with Gasteiger partial charge in [0.15, 0.2) is 0 Å². The molecule has 0 amide bonds. The van der Waals surface area contributed by atoms with Gasteiger partial charge in [0.05, 0.1) is 11.0 Å². The summed E-state index contributed by atoms with van der Waals surface area (Å²) < 4.78 is 2.39. The lowest BCUT2D eigenvalue weighted by atomic mass is 9.95. The van der Waals surface area contributed by atoms with Crippen molar-refractivity contribution < 1.29 is 0 Å². The highest BCUT2D eigenvalue weighted by Gasteiger charge is 2.15. The molecule has 0 saturated carbocycles. The van der Waals surface area contributed by atoms with Gasteiger partial charge in [0, 0.05) is 33.4 Å². The van der Waals surface area contributed by atoms with Crippen LogP contribution in [0.3, 0.4) is 0 Å². The average molecular weight is 715 g/mol. The summed E-state index contributed by atoms with van der Waals surface area (Å²) in [7, 11) is 0. The summed E-state index contributed by atoms with van der Waals surface area (Å²) >= 11 is 0. The Morgan fingerprint density at radius 2 is 0.750 bits per heavy atom. The molecule has 56 heavy (non-hydrogen) atoms. The number of aromatic nitrogens is 1. The van der Waals surface area contributed by atoms with Gasteiger partial charge in [-0.1, -0.05) is 164 Å². The van der Waals surface area contributed by atoms with Crippen LogP contribution in [-0.2, 0) is 0 Å². The summed E-state index contributed by atoms with van der Waals surface area (Å²) in [6.45, 7) is 0. The van der Waals surface area contributed by atoms with Crippen LogP contribution in [0.4, 0.5) is 11.4 Å². The maximum atomic E-state index is 3.86. The Labute approximate surface area is 327 Å². The van der Waals surface area contributed by atoms with E-state index < -0.39 is 0 Å². The first-order chi connectivity index (χ1) is 27.7. The van der Waals surface area contributed by atoms with Crippen LogP contribution in [0.5, 0.6) is 0 Å². The highest BCUT2D eigenvalue weighted by atomic mass is 15.0. The predicted octanol–water partition coefficient (Wildman–Crippen LogP) is 14.9. The van der Waals surface area contributed by atoms with Gasteiger partial charge in [-0.25, -0.2) is 0 Å². The summed E-state index contributed by atoms with van der Waals surface area (Å²) in [4.78, 5) is 0. The molecule has 0 unspecified atom stereocenters. The van der Waals surface area contributed by atoms with Crippen LogP contribution in [0.15, 0.2) is 224 Å². The molecule has 1 N–H and O–H groups in total. The van der Waals surface area contributed by atoms with Gasteiger partial charge in [-0.2, -0.15) is 0 Å². The molecule has 0 saturated heterocycles. The second-order valence-electron chi connectivity index (χ2n) is 14.3. The fourth-order valence-corrected chi connectivity index (χ4v) is 8.00. The molecule has 0 aliphatic rings. The Balaban J connectivity index is 1.06. The number of nitrogens with zero attached hydrogens (tertiary/aromatic N) is 1. The van der Waals surface area contributed by atoms with Crippen molar-refractivity contribution >= 4 is 33.2 Å². The summed E-state index contributed by atoms with van der Waals surface area (Å²) in [5.74, 6) is 0. The molecule has 10 aromatic rings. The summed E-state index contributed by atoms with van der Waals surface area (Å²) in [5, 5.41) is 6.33. The minimum absolute atomic E-state index is 1.04. The van der Waals surface area contributed by atoms with Crippen molar-refractivity contribution in [2.24, 2.45) is 0 Å². The molecule has 2 heteroatoms. The number of hydrogen-bond acceptors (Lipinski definition) is 1.